The Labute approximate surface area is 124 Å². The summed E-state index contributed by atoms with van der Waals surface area (Å²) in [6.07, 6.45) is 0. The first-order valence-electron chi connectivity index (χ1n) is 7.06. The quantitative estimate of drug-likeness (QED) is 0.904. The van der Waals surface area contributed by atoms with Gasteiger partial charge < -0.3 is 10.1 Å². The van der Waals surface area contributed by atoms with E-state index in [9.17, 15) is 0 Å². The second-order valence-corrected chi connectivity index (χ2v) is 6.54. The van der Waals surface area contributed by atoms with E-state index in [1.807, 2.05) is 20.8 Å². The Kier molecular flexibility index (Phi) is 4.30. The molecule has 0 spiro atoms. The van der Waals surface area contributed by atoms with Gasteiger partial charge in [-0.1, -0.05) is 0 Å². The zero-order chi connectivity index (χ0) is 14.9. The smallest absolute Gasteiger partial charge is 0.163 e. The first-order chi connectivity index (χ1) is 9.40. The molecule has 0 fully saturated rings. The van der Waals surface area contributed by atoms with Crippen LogP contribution in [0.4, 0.5) is 5.82 Å². The van der Waals surface area contributed by atoms with E-state index in [-0.39, 0.29) is 0 Å². The summed E-state index contributed by atoms with van der Waals surface area (Å²) in [5.41, 5.74) is 0.792. The maximum atomic E-state index is 5.79. The van der Waals surface area contributed by atoms with Crippen molar-refractivity contribution < 1.29 is 4.74 Å². The molecule has 20 heavy (non-hydrogen) atoms. The topological polar surface area (TPSA) is 47.0 Å². The molecule has 0 aliphatic rings. The molecule has 5 heteroatoms. The fraction of sp³-hybridized carbons (Fsp3) is 0.600. The Balaban J connectivity index is 2.65. The highest BCUT2D eigenvalue weighted by atomic mass is 32.1. The molecule has 0 saturated heterocycles. The molecule has 2 rings (SSSR count). The fourth-order valence-corrected chi connectivity index (χ4v) is 3.27. The molecule has 0 amide bonds. The maximum absolute atomic E-state index is 5.79. The van der Waals surface area contributed by atoms with Crippen LogP contribution in [-0.4, -0.2) is 23.1 Å². The molecule has 0 unspecified atom stereocenters. The summed E-state index contributed by atoms with van der Waals surface area (Å²) >= 11 is 1.72. The average molecular weight is 293 g/mol. The summed E-state index contributed by atoms with van der Waals surface area (Å²) in [6, 6.07) is 0. The third kappa shape index (κ3) is 2.65. The second-order valence-electron chi connectivity index (χ2n) is 5.33. The minimum Gasteiger partial charge on any atom is -0.370 e. The maximum Gasteiger partial charge on any atom is 0.163 e. The largest absolute Gasteiger partial charge is 0.370 e. The number of nitrogens with zero attached hydrogens (tertiary/aromatic N) is 2. The minimum absolute atomic E-state index is 0.473. The highest BCUT2D eigenvalue weighted by Crippen LogP contribution is 2.35. The number of hydrogen-bond acceptors (Lipinski definition) is 5. The van der Waals surface area contributed by atoms with Crippen LogP contribution in [0.3, 0.4) is 0 Å². The van der Waals surface area contributed by atoms with Crippen molar-refractivity contribution in [3.8, 4) is 0 Å². The van der Waals surface area contributed by atoms with Crippen LogP contribution in [0.5, 0.6) is 0 Å². The SMILES string of the molecule is CCNc1nc(C(C)(C)OCC)nc2sc(C)c(C)c12. The molecule has 2 aromatic rings. The number of fused-ring (bicyclic) bond motifs is 1. The molecule has 2 aromatic heterocycles. The Bertz CT molecular complexity index is 619. The zero-order valence-corrected chi connectivity index (χ0v) is 13.9. The van der Waals surface area contributed by atoms with Gasteiger partial charge in [-0.3, -0.25) is 0 Å². The predicted molar refractivity (Wildman–Crippen MR) is 85.7 cm³/mol. The van der Waals surface area contributed by atoms with Crippen LogP contribution in [-0.2, 0) is 10.3 Å². The number of thiophene rings is 1. The number of anilines is 1. The minimum atomic E-state index is -0.473. The molecular weight excluding hydrogens is 270 g/mol. The van der Waals surface area contributed by atoms with Crippen molar-refractivity contribution in [3.63, 3.8) is 0 Å². The first-order valence-corrected chi connectivity index (χ1v) is 7.88. The Hall–Kier alpha value is -1.20. The summed E-state index contributed by atoms with van der Waals surface area (Å²) in [4.78, 5) is 11.8. The van der Waals surface area contributed by atoms with E-state index in [1.165, 1.54) is 10.4 Å². The van der Waals surface area contributed by atoms with Gasteiger partial charge in [-0.15, -0.1) is 11.3 Å². The number of ether oxygens (including phenoxy) is 1. The molecule has 2 heterocycles. The number of nitrogens with one attached hydrogen (secondary N) is 1. The normalized spacial score (nSPS) is 12.1. The number of rotatable bonds is 5. The van der Waals surface area contributed by atoms with Gasteiger partial charge in [-0.25, -0.2) is 9.97 Å². The molecule has 0 radical (unpaired) electrons. The molecule has 0 bridgehead atoms. The Morgan fingerprint density at radius 3 is 2.50 bits per heavy atom. The summed E-state index contributed by atoms with van der Waals surface area (Å²) in [5.74, 6) is 1.66. The molecule has 0 aromatic carbocycles. The zero-order valence-electron chi connectivity index (χ0n) is 13.1. The van der Waals surface area contributed by atoms with Crippen LogP contribution in [0.25, 0.3) is 10.2 Å². The highest BCUT2D eigenvalue weighted by molar-refractivity contribution is 7.18. The molecule has 0 aliphatic carbocycles. The number of aryl methyl sites for hydroxylation is 2. The lowest BCUT2D eigenvalue weighted by molar-refractivity contribution is -0.0204. The van der Waals surface area contributed by atoms with Crippen molar-refractivity contribution in [2.45, 2.75) is 47.1 Å². The Morgan fingerprint density at radius 2 is 1.90 bits per heavy atom. The van der Waals surface area contributed by atoms with Crippen LogP contribution in [0.1, 0.15) is 44.0 Å². The molecule has 0 aliphatic heterocycles. The van der Waals surface area contributed by atoms with E-state index in [0.29, 0.717) is 6.61 Å². The lowest BCUT2D eigenvalue weighted by Crippen LogP contribution is -2.25. The lowest BCUT2D eigenvalue weighted by Gasteiger charge is -2.23. The molecule has 0 atom stereocenters. The predicted octanol–water partition coefficient (Wildman–Crippen LogP) is 4.01. The summed E-state index contributed by atoms with van der Waals surface area (Å²) in [7, 11) is 0. The standard InChI is InChI=1S/C15H23N3OS/c1-7-16-12-11-9(3)10(4)20-13(11)18-14(17-12)15(5,6)19-8-2/h7-8H2,1-6H3,(H,16,17,18). The molecule has 0 saturated carbocycles. The van der Waals surface area contributed by atoms with E-state index in [1.54, 1.807) is 11.3 Å². The van der Waals surface area contributed by atoms with Crippen LogP contribution in [0.15, 0.2) is 0 Å². The van der Waals surface area contributed by atoms with Gasteiger partial charge in [0.1, 0.15) is 16.2 Å². The number of hydrogen-bond donors (Lipinski definition) is 1. The van der Waals surface area contributed by atoms with Gasteiger partial charge in [0.2, 0.25) is 0 Å². The highest BCUT2D eigenvalue weighted by Gasteiger charge is 2.26. The lowest BCUT2D eigenvalue weighted by atomic mass is 10.1. The van der Waals surface area contributed by atoms with Crippen molar-refractivity contribution in [2.24, 2.45) is 0 Å². The molecule has 110 valence electrons. The average Bonchev–Trinajstić information content (AvgIpc) is 2.65. The van der Waals surface area contributed by atoms with Crippen LogP contribution < -0.4 is 5.32 Å². The van der Waals surface area contributed by atoms with Crippen molar-refractivity contribution in [1.82, 2.24) is 9.97 Å². The summed E-state index contributed by atoms with van der Waals surface area (Å²) in [5, 5.41) is 4.50. The van der Waals surface area contributed by atoms with Crippen LogP contribution >= 0.6 is 11.3 Å². The van der Waals surface area contributed by atoms with Gasteiger partial charge in [0.15, 0.2) is 5.82 Å². The third-order valence-electron chi connectivity index (χ3n) is 3.42. The van der Waals surface area contributed by atoms with Crippen LogP contribution in [0, 0.1) is 13.8 Å². The van der Waals surface area contributed by atoms with Gasteiger partial charge in [-0.05, 0) is 47.1 Å². The number of aromatic nitrogens is 2. The first kappa shape index (κ1) is 15.2. The van der Waals surface area contributed by atoms with E-state index < -0.39 is 5.60 Å². The van der Waals surface area contributed by atoms with Crippen LogP contribution in [0.2, 0.25) is 0 Å². The molecule has 1 N–H and O–H groups in total. The van der Waals surface area contributed by atoms with Gasteiger partial charge >= 0.3 is 0 Å². The molecular formula is C15H23N3OS. The summed E-state index contributed by atoms with van der Waals surface area (Å²) in [6.45, 7) is 13.8. The Morgan fingerprint density at radius 1 is 1.20 bits per heavy atom. The van der Waals surface area contributed by atoms with Gasteiger partial charge in [-0.2, -0.15) is 0 Å². The van der Waals surface area contributed by atoms with E-state index >= 15 is 0 Å². The van der Waals surface area contributed by atoms with Crippen molar-refractivity contribution >= 4 is 27.4 Å². The monoisotopic (exact) mass is 293 g/mol. The van der Waals surface area contributed by atoms with Crippen molar-refractivity contribution in [2.75, 3.05) is 18.5 Å². The van der Waals surface area contributed by atoms with E-state index in [2.05, 4.69) is 26.1 Å². The van der Waals surface area contributed by atoms with Gasteiger partial charge in [0, 0.05) is 18.0 Å². The fourth-order valence-electron chi connectivity index (χ4n) is 2.24. The van der Waals surface area contributed by atoms with Crippen molar-refractivity contribution in [3.05, 3.63) is 16.3 Å². The van der Waals surface area contributed by atoms with Gasteiger partial charge in [0.05, 0.1) is 5.39 Å². The van der Waals surface area contributed by atoms with Gasteiger partial charge in [0.25, 0.3) is 0 Å². The molecule has 4 nitrogen and oxygen atoms in total. The van der Waals surface area contributed by atoms with E-state index in [0.717, 1.165) is 28.4 Å². The van der Waals surface area contributed by atoms with E-state index in [4.69, 9.17) is 14.7 Å². The second kappa shape index (κ2) is 5.66. The van der Waals surface area contributed by atoms with Crippen molar-refractivity contribution in [1.29, 1.82) is 0 Å². The third-order valence-corrected chi connectivity index (χ3v) is 4.52. The summed E-state index contributed by atoms with van der Waals surface area (Å²) < 4.78 is 5.79.